The Morgan fingerprint density at radius 3 is 2.83 bits per heavy atom. The van der Waals surface area contributed by atoms with Crippen molar-refractivity contribution in [3.63, 3.8) is 0 Å². The van der Waals surface area contributed by atoms with Crippen molar-refractivity contribution in [3.05, 3.63) is 11.1 Å². The molecule has 2 aliphatic rings. The minimum Gasteiger partial charge on any atom is -0.381 e. The first-order valence-corrected chi connectivity index (χ1v) is 7.15. The quantitative estimate of drug-likeness (QED) is 0.902. The number of nitrogen functional groups attached to an aromatic ring is 1. The predicted octanol–water partition coefficient (Wildman–Crippen LogP) is 2.15. The Labute approximate surface area is 118 Å². The Balaban J connectivity index is 0.00000120. The number of aromatic nitrogens is 1. The van der Waals surface area contributed by atoms with Crippen LogP contribution in [0.2, 0.25) is 0 Å². The maximum atomic E-state index is 5.68. The summed E-state index contributed by atoms with van der Waals surface area (Å²) < 4.78 is 5.46. The van der Waals surface area contributed by atoms with E-state index in [1.165, 1.54) is 30.7 Å². The number of nitrogens with two attached hydrogens (primary N) is 1. The van der Waals surface area contributed by atoms with Gasteiger partial charge in [0.15, 0.2) is 5.13 Å². The van der Waals surface area contributed by atoms with Gasteiger partial charge in [-0.05, 0) is 25.2 Å². The Bertz CT molecular complexity index is 377. The van der Waals surface area contributed by atoms with Crippen LogP contribution in [-0.2, 0) is 11.3 Å². The lowest BCUT2D eigenvalue weighted by atomic mass is 10.1. The van der Waals surface area contributed by atoms with Crippen molar-refractivity contribution in [3.8, 4) is 0 Å². The zero-order valence-corrected chi connectivity index (χ0v) is 12.0. The molecular weight excluding hydrogens is 270 g/mol. The van der Waals surface area contributed by atoms with E-state index in [0.29, 0.717) is 5.13 Å². The highest BCUT2D eigenvalue weighted by atomic mass is 35.5. The number of hydrogen-bond acceptors (Lipinski definition) is 5. The second-order valence-corrected chi connectivity index (χ2v) is 6.20. The van der Waals surface area contributed by atoms with Crippen LogP contribution in [0.3, 0.4) is 0 Å². The van der Waals surface area contributed by atoms with Gasteiger partial charge in [0, 0.05) is 36.8 Å². The molecule has 6 heteroatoms. The second kappa shape index (κ2) is 6.19. The molecule has 1 aliphatic carbocycles. The molecule has 2 heterocycles. The van der Waals surface area contributed by atoms with E-state index in [1.807, 2.05) is 6.20 Å². The lowest BCUT2D eigenvalue weighted by Crippen LogP contribution is -2.31. The van der Waals surface area contributed by atoms with E-state index in [4.69, 9.17) is 10.5 Å². The van der Waals surface area contributed by atoms with Crippen molar-refractivity contribution in [2.75, 3.05) is 25.5 Å². The molecular formula is C12H20ClN3OS. The van der Waals surface area contributed by atoms with Gasteiger partial charge in [0.05, 0.1) is 6.61 Å². The monoisotopic (exact) mass is 289 g/mol. The van der Waals surface area contributed by atoms with Crippen molar-refractivity contribution in [2.24, 2.45) is 5.92 Å². The van der Waals surface area contributed by atoms with Crippen LogP contribution in [-0.4, -0.2) is 35.7 Å². The average molecular weight is 290 g/mol. The molecule has 2 fully saturated rings. The zero-order valence-electron chi connectivity index (χ0n) is 10.4. The molecule has 0 aromatic carbocycles. The largest absolute Gasteiger partial charge is 0.381 e. The Hall–Kier alpha value is -0.360. The van der Waals surface area contributed by atoms with E-state index in [0.717, 1.165) is 31.7 Å². The van der Waals surface area contributed by atoms with Crippen LogP contribution >= 0.6 is 23.7 Å². The topological polar surface area (TPSA) is 51.4 Å². The summed E-state index contributed by atoms with van der Waals surface area (Å²) in [6.45, 7) is 4.06. The van der Waals surface area contributed by atoms with E-state index in [-0.39, 0.29) is 12.4 Å². The SMILES string of the molecule is Cl.Nc1ncc(CN(CC2CCOC2)C2CC2)s1. The maximum Gasteiger partial charge on any atom is 0.180 e. The average Bonchev–Trinajstić information content (AvgIpc) is 2.89. The summed E-state index contributed by atoms with van der Waals surface area (Å²) in [6.07, 6.45) is 5.83. The highest BCUT2D eigenvalue weighted by Crippen LogP contribution is 2.31. The van der Waals surface area contributed by atoms with Crippen LogP contribution in [0.4, 0.5) is 5.13 Å². The molecule has 102 valence electrons. The highest BCUT2D eigenvalue weighted by Gasteiger charge is 2.31. The third-order valence-corrected chi connectivity index (χ3v) is 4.32. The van der Waals surface area contributed by atoms with Crippen molar-refractivity contribution >= 4 is 28.9 Å². The molecule has 1 atom stereocenters. The molecule has 2 N–H and O–H groups in total. The van der Waals surface area contributed by atoms with E-state index < -0.39 is 0 Å². The van der Waals surface area contributed by atoms with Crippen LogP contribution < -0.4 is 5.73 Å². The Morgan fingerprint density at radius 1 is 1.44 bits per heavy atom. The first-order valence-electron chi connectivity index (χ1n) is 6.33. The molecule has 1 aliphatic heterocycles. The molecule has 0 radical (unpaired) electrons. The van der Waals surface area contributed by atoms with Crippen molar-refractivity contribution < 1.29 is 4.74 Å². The fraction of sp³-hybridized carbons (Fsp3) is 0.750. The van der Waals surface area contributed by atoms with Gasteiger partial charge in [0.25, 0.3) is 0 Å². The number of nitrogens with zero attached hydrogens (tertiary/aromatic N) is 2. The lowest BCUT2D eigenvalue weighted by Gasteiger charge is -2.23. The molecule has 1 aromatic rings. The molecule has 1 saturated heterocycles. The van der Waals surface area contributed by atoms with E-state index in [1.54, 1.807) is 11.3 Å². The zero-order chi connectivity index (χ0) is 11.7. The molecule has 3 rings (SSSR count). The molecule has 0 bridgehead atoms. The van der Waals surface area contributed by atoms with Gasteiger partial charge in [0.2, 0.25) is 0 Å². The first-order chi connectivity index (χ1) is 8.31. The van der Waals surface area contributed by atoms with E-state index in [9.17, 15) is 0 Å². The third kappa shape index (κ3) is 3.57. The fourth-order valence-corrected chi connectivity index (χ4v) is 3.15. The number of ether oxygens (including phenoxy) is 1. The predicted molar refractivity (Wildman–Crippen MR) is 76.1 cm³/mol. The van der Waals surface area contributed by atoms with Gasteiger partial charge in [-0.3, -0.25) is 4.90 Å². The van der Waals surface area contributed by atoms with Gasteiger partial charge in [-0.1, -0.05) is 0 Å². The van der Waals surface area contributed by atoms with Crippen LogP contribution in [0.15, 0.2) is 6.20 Å². The summed E-state index contributed by atoms with van der Waals surface area (Å²) in [7, 11) is 0. The molecule has 1 unspecified atom stereocenters. The van der Waals surface area contributed by atoms with Gasteiger partial charge in [-0.2, -0.15) is 0 Å². The van der Waals surface area contributed by atoms with Crippen molar-refractivity contribution in [1.29, 1.82) is 0 Å². The normalized spacial score (nSPS) is 23.3. The summed E-state index contributed by atoms with van der Waals surface area (Å²) in [6, 6.07) is 0.791. The number of thiazole rings is 1. The standard InChI is InChI=1S/C12H19N3OS.ClH/c13-12-14-5-11(17-12)7-15(10-1-2-10)6-9-3-4-16-8-9;/h5,9-10H,1-4,6-8H2,(H2,13,14);1H. The van der Waals surface area contributed by atoms with E-state index >= 15 is 0 Å². The van der Waals surface area contributed by atoms with Crippen LogP contribution in [0.5, 0.6) is 0 Å². The summed E-state index contributed by atoms with van der Waals surface area (Å²) in [5.41, 5.74) is 5.68. The Morgan fingerprint density at radius 2 is 2.28 bits per heavy atom. The second-order valence-electron chi connectivity index (χ2n) is 5.06. The molecule has 1 aromatic heterocycles. The summed E-state index contributed by atoms with van der Waals surface area (Å²) in [5.74, 6) is 0.723. The third-order valence-electron chi connectivity index (χ3n) is 3.51. The van der Waals surface area contributed by atoms with Gasteiger partial charge in [0.1, 0.15) is 0 Å². The number of anilines is 1. The smallest absolute Gasteiger partial charge is 0.180 e. The molecule has 1 saturated carbocycles. The maximum absolute atomic E-state index is 5.68. The summed E-state index contributed by atoms with van der Waals surface area (Å²) in [4.78, 5) is 8.00. The fourth-order valence-electron chi connectivity index (χ4n) is 2.44. The summed E-state index contributed by atoms with van der Waals surface area (Å²) in [5, 5.41) is 0.681. The van der Waals surface area contributed by atoms with Crippen molar-refractivity contribution in [2.45, 2.75) is 31.8 Å². The van der Waals surface area contributed by atoms with Gasteiger partial charge >= 0.3 is 0 Å². The van der Waals surface area contributed by atoms with Crippen molar-refractivity contribution in [1.82, 2.24) is 9.88 Å². The van der Waals surface area contributed by atoms with Crippen LogP contribution in [0.1, 0.15) is 24.1 Å². The molecule has 0 amide bonds. The summed E-state index contributed by atoms with van der Waals surface area (Å²) >= 11 is 1.61. The minimum absolute atomic E-state index is 0. The molecule has 0 spiro atoms. The first kappa shape index (κ1) is 14.1. The Kier molecular flexibility index (Phi) is 4.84. The minimum atomic E-state index is 0. The number of halogens is 1. The molecule has 18 heavy (non-hydrogen) atoms. The van der Waals surface area contributed by atoms with Gasteiger partial charge in [-0.25, -0.2) is 4.98 Å². The molecule has 4 nitrogen and oxygen atoms in total. The lowest BCUT2D eigenvalue weighted by molar-refractivity contribution is 0.162. The van der Waals surface area contributed by atoms with Gasteiger partial charge in [-0.15, -0.1) is 23.7 Å². The number of rotatable bonds is 5. The highest BCUT2D eigenvalue weighted by molar-refractivity contribution is 7.15. The number of hydrogen-bond donors (Lipinski definition) is 1. The van der Waals surface area contributed by atoms with E-state index in [2.05, 4.69) is 9.88 Å². The van der Waals surface area contributed by atoms with Crippen LogP contribution in [0, 0.1) is 5.92 Å². The van der Waals surface area contributed by atoms with Crippen LogP contribution in [0.25, 0.3) is 0 Å². The van der Waals surface area contributed by atoms with Gasteiger partial charge < -0.3 is 10.5 Å².